The fraction of sp³-hybridized carbons (Fsp3) is 0.316. The lowest BCUT2D eigenvalue weighted by molar-refractivity contribution is 0.0950. The molecule has 122 valence electrons. The molecule has 4 heteroatoms. The van der Waals surface area contributed by atoms with Gasteiger partial charge in [0.05, 0.1) is 12.1 Å². The topological polar surface area (TPSA) is 38.3 Å². The molecule has 2 rings (SSSR count). The van der Waals surface area contributed by atoms with E-state index in [1.807, 2.05) is 36.4 Å². The van der Waals surface area contributed by atoms with Crippen LogP contribution in [0, 0.1) is 5.92 Å². The Morgan fingerprint density at radius 3 is 2.65 bits per heavy atom. The molecule has 0 aliphatic rings. The van der Waals surface area contributed by atoms with E-state index < -0.39 is 0 Å². The first-order valence-corrected chi connectivity index (χ1v) is 8.07. The van der Waals surface area contributed by atoms with E-state index in [-0.39, 0.29) is 5.91 Å². The molecular weight excluding hydrogens is 310 g/mol. The third kappa shape index (κ3) is 4.73. The summed E-state index contributed by atoms with van der Waals surface area (Å²) in [5, 5.41) is 3.52. The Bertz CT molecular complexity index is 683. The zero-order valence-electron chi connectivity index (χ0n) is 13.7. The van der Waals surface area contributed by atoms with Crippen LogP contribution in [0.4, 0.5) is 0 Å². The minimum atomic E-state index is -0.0600. The van der Waals surface area contributed by atoms with E-state index in [0.717, 1.165) is 23.1 Å². The number of benzene rings is 2. The molecule has 2 aromatic carbocycles. The average molecular weight is 332 g/mol. The van der Waals surface area contributed by atoms with Crippen molar-refractivity contribution in [1.82, 2.24) is 5.32 Å². The van der Waals surface area contributed by atoms with E-state index in [9.17, 15) is 4.79 Å². The molecule has 0 aromatic heterocycles. The lowest BCUT2D eigenvalue weighted by Crippen LogP contribution is -2.24. The van der Waals surface area contributed by atoms with Crippen molar-refractivity contribution in [3.8, 4) is 5.75 Å². The predicted octanol–water partition coefficient (Wildman–Crippen LogP) is 4.48. The Morgan fingerprint density at radius 2 is 1.96 bits per heavy atom. The number of amides is 1. The molecule has 0 bridgehead atoms. The van der Waals surface area contributed by atoms with Crippen molar-refractivity contribution in [2.75, 3.05) is 7.11 Å². The monoisotopic (exact) mass is 331 g/mol. The molecular formula is C19H22ClNO2. The van der Waals surface area contributed by atoms with Crippen molar-refractivity contribution >= 4 is 17.5 Å². The summed E-state index contributed by atoms with van der Waals surface area (Å²) >= 11 is 6.01. The van der Waals surface area contributed by atoms with Crippen molar-refractivity contribution in [3.05, 3.63) is 64.2 Å². The molecule has 0 saturated carbocycles. The van der Waals surface area contributed by atoms with Crippen molar-refractivity contribution in [2.45, 2.75) is 26.8 Å². The lowest BCUT2D eigenvalue weighted by Gasteiger charge is -2.12. The van der Waals surface area contributed by atoms with Crippen molar-refractivity contribution < 1.29 is 9.53 Å². The SMILES string of the molecule is COc1cc(CNC(=O)c2ccccc2CC(C)C)ccc1Cl. The third-order valence-corrected chi connectivity index (χ3v) is 3.87. The van der Waals surface area contributed by atoms with Gasteiger partial charge in [0.15, 0.2) is 0 Å². The largest absolute Gasteiger partial charge is 0.495 e. The number of methoxy groups -OCH3 is 1. The van der Waals surface area contributed by atoms with Gasteiger partial charge in [-0.3, -0.25) is 4.79 Å². The summed E-state index contributed by atoms with van der Waals surface area (Å²) in [7, 11) is 1.58. The summed E-state index contributed by atoms with van der Waals surface area (Å²) < 4.78 is 5.20. The number of rotatable bonds is 6. The minimum Gasteiger partial charge on any atom is -0.495 e. The van der Waals surface area contributed by atoms with Gasteiger partial charge in [-0.15, -0.1) is 0 Å². The molecule has 3 nitrogen and oxygen atoms in total. The molecule has 0 spiro atoms. The first kappa shape index (κ1) is 17.4. The fourth-order valence-electron chi connectivity index (χ4n) is 2.45. The van der Waals surface area contributed by atoms with E-state index >= 15 is 0 Å². The number of hydrogen-bond donors (Lipinski definition) is 1. The molecule has 0 saturated heterocycles. The van der Waals surface area contributed by atoms with Gasteiger partial charge in [-0.2, -0.15) is 0 Å². The van der Waals surface area contributed by atoms with Gasteiger partial charge in [-0.1, -0.05) is 49.7 Å². The van der Waals surface area contributed by atoms with Crippen LogP contribution in [0.1, 0.15) is 35.3 Å². The van der Waals surface area contributed by atoms with Crippen LogP contribution in [-0.2, 0) is 13.0 Å². The maximum atomic E-state index is 12.5. The highest BCUT2D eigenvalue weighted by molar-refractivity contribution is 6.32. The van der Waals surface area contributed by atoms with Gasteiger partial charge in [0.2, 0.25) is 0 Å². The minimum absolute atomic E-state index is 0.0600. The van der Waals surface area contributed by atoms with E-state index in [1.54, 1.807) is 13.2 Å². The van der Waals surface area contributed by atoms with Gasteiger partial charge in [0.25, 0.3) is 5.91 Å². The average Bonchev–Trinajstić information content (AvgIpc) is 2.53. The van der Waals surface area contributed by atoms with E-state index in [4.69, 9.17) is 16.3 Å². The van der Waals surface area contributed by atoms with Crippen LogP contribution in [0.15, 0.2) is 42.5 Å². The summed E-state index contributed by atoms with van der Waals surface area (Å²) in [6.45, 7) is 4.73. The molecule has 0 heterocycles. The lowest BCUT2D eigenvalue weighted by atomic mass is 9.97. The highest BCUT2D eigenvalue weighted by Crippen LogP contribution is 2.25. The van der Waals surface area contributed by atoms with E-state index in [1.165, 1.54) is 0 Å². The molecule has 0 unspecified atom stereocenters. The number of carbonyl (C=O) groups excluding carboxylic acids is 1. The summed E-state index contributed by atoms with van der Waals surface area (Å²) in [5.41, 5.74) is 2.76. The van der Waals surface area contributed by atoms with Gasteiger partial charge in [0.1, 0.15) is 5.75 Å². The van der Waals surface area contributed by atoms with Gasteiger partial charge >= 0.3 is 0 Å². The summed E-state index contributed by atoms with van der Waals surface area (Å²) in [6, 6.07) is 13.2. The molecule has 0 aliphatic carbocycles. The van der Waals surface area contributed by atoms with Crippen molar-refractivity contribution in [1.29, 1.82) is 0 Å². The van der Waals surface area contributed by atoms with Gasteiger partial charge in [-0.05, 0) is 41.7 Å². The first-order chi connectivity index (χ1) is 11.0. The zero-order chi connectivity index (χ0) is 16.8. The molecule has 0 atom stereocenters. The summed E-state index contributed by atoms with van der Waals surface area (Å²) in [6.07, 6.45) is 0.887. The molecule has 0 radical (unpaired) electrons. The molecule has 1 N–H and O–H groups in total. The van der Waals surface area contributed by atoms with E-state index in [2.05, 4.69) is 19.2 Å². The Balaban J connectivity index is 2.08. The normalized spacial score (nSPS) is 10.7. The maximum Gasteiger partial charge on any atom is 0.251 e. The van der Waals surface area contributed by atoms with Crippen LogP contribution < -0.4 is 10.1 Å². The number of halogens is 1. The van der Waals surface area contributed by atoms with Gasteiger partial charge in [-0.25, -0.2) is 0 Å². The molecule has 1 amide bonds. The fourth-order valence-corrected chi connectivity index (χ4v) is 2.65. The summed E-state index contributed by atoms with van der Waals surface area (Å²) in [5.74, 6) is 1.05. The Kier molecular flexibility index (Phi) is 6.05. The first-order valence-electron chi connectivity index (χ1n) is 7.69. The maximum absolute atomic E-state index is 12.5. The van der Waals surface area contributed by atoms with Gasteiger partial charge in [0, 0.05) is 12.1 Å². The Labute approximate surface area is 142 Å². The Hall–Kier alpha value is -2.00. The van der Waals surface area contributed by atoms with Crippen LogP contribution >= 0.6 is 11.6 Å². The summed E-state index contributed by atoms with van der Waals surface area (Å²) in [4.78, 5) is 12.5. The zero-order valence-corrected chi connectivity index (χ0v) is 14.5. The highest BCUT2D eigenvalue weighted by atomic mass is 35.5. The highest BCUT2D eigenvalue weighted by Gasteiger charge is 2.12. The second-order valence-electron chi connectivity index (χ2n) is 5.91. The standard InChI is InChI=1S/C19H22ClNO2/c1-13(2)10-15-6-4-5-7-16(15)19(22)21-12-14-8-9-17(20)18(11-14)23-3/h4-9,11,13H,10,12H2,1-3H3,(H,21,22). The van der Waals surface area contributed by atoms with Crippen molar-refractivity contribution in [2.24, 2.45) is 5.92 Å². The quantitative estimate of drug-likeness (QED) is 0.847. The van der Waals surface area contributed by atoms with Crippen LogP contribution in [0.5, 0.6) is 5.75 Å². The van der Waals surface area contributed by atoms with Crippen LogP contribution in [-0.4, -0.2) is 13.0 Å². The van der Waals surface area contributed by atoms with E-state index in [0.29, 0.717) is 23.2 Å². The number of hydrogen-bond acceptors (Lipinski definition) is 2. The number of nitrogens with one attached hydrogen (secondary N) is 1. The smallest absolute Gasteiger partial charge is 0.251 e. The molecule has 0 fully saturated rings. The van der Waals surface area contributed by atoms with Crippen molar-refractivity contribution in [3.63, 3.8) is 0 Å². The predicted molar refractivity (Wildman–Crippen MR) is 94.2 cm³/mol. The van der Waals surface area contributed by atoms with Gasteiger partial charge < -0.3 is 10.1 Å². The molecule has 23 heavy (non-hydrogen) atoms. The number of ether oxygens (including phenoxy) is 1. The third-order valence-electron chi connectivity index (χ3n) is 3.56. The molecule has 2 aromatic rings. The molecule has 0 aliphatic heterocycles. The van der Waals surface area contributed by atoms with Crippen LogP contribution in [0.2, 0.25) is 5.02 Å². The van der Waals surface area contributed by atoms with Crippen LogP contribution in [0.3, 0.4) is 0 Å². The number of carbonyl (C=O) groups is 1. The Morgan fingerprint density at radius 1 is 1.22 bits per heavy atom. The second-order valence-corrected chi connectivity index (χ2v) is 6.31. The second kappa shape index (κ2) is 8.02. The van der Waals surface area contributed by atoms with Crippen LogP contribution in [0.25, 0.3) is 0 Å².